The second kappa shape index (κ2) is 11.6. The molecule has 0 atom stereocenters. The third-order valence-corrected chi connectivity index (χ3v) is 7.89. The number of nitrogens with zero attached hydrogens (tertiary/aromatic N) is 4. The molecule has 0 saturated heterocycles. The van der Waals surface area contributed by atoms with Gasteiger partial charge in [0.05, 0.1) is 27.8 Å². The molecule has 0 spiro atoms. The van der Waals surface area contributed by atoms with E-state index in [4.69, 9.17) is 26.8 Å². The van der Waals surface area contributed by atoms with Gasteiger partial charge in [-0.1, -0.05) is 23.7 Å². The minimum Gasteiger partial charge on any atom is -0.481 e. The van der Waals surface area contributed by atoms with Gasteiger partial charge in [-0.05, 0) is 92.9 Å². The lowest BCUT2D eigenvalue weighted by molar-refractivity contribution is -0.136. The zero-order valence-electron chi connectivity index (χ0n) is 24.0. The molecule has 0 unspecified atom stereocenters. The molecule has 6 rings (SSSR count). The van der Waals surface area contributed by atoms with Crippen LogP contribution in [0, 0.1) is 6.92 Å². The van der Waals surface area contributed by atoms with Crippen LogP contribution in [-0.4, -0.2) is 41.5 Å². The first-order valence-electron chi connectivity index (χ1n) is 13.4. The lowest BCUT2D eigenvalue weighted by atomic mass is 9.93. The smallest absolute Gasteiger partial charge is 0.307 e. The number of carboxylic acids is 1. The molecule has 0 aliphatic rings. The SMILES string of the molecule is CC(C)(C)O.Cc1cc2nc(-c3ccc4c(c3)c(-c3cccnc3)nn4C)sc2c(-c2ccc(Cl)cc2)c1CC(=O)O. The van der Waals surface area contributed by atoms with Crippen LogP contribution in [0.5, 0.6) is 0 Å². The number of hydrogen-bond acceptors (Lipinski definition) is 6. The summed E-state index contributed by atoms with van der Waals surface area (Å²) >= 11 is 7.72. The van der Waals surface area contributed by atoms with Crippen LogP contribution in [0.3, 0.4) is 0 Å². The molecule has 3 aromatic carbocycles. The van der Waals surface area contributed by atoms with E-state index in [1.54, 1.807) is 38.3 Å². The van der Waals surface area contributed by atoms with Crippen LogP contribution in [0.25, 0.3) is 54.1 Å². The number of benzene rings is 3. The minimum absolute atomic E-state index is 0.0664. The van der Waals surface area contributed by atoms with Crippen molar-refractivity contribution in [3.63, 3.8) is 0 Å². The highest BCUT2D eigenvalue weighted by Gasteiger charge is 2.20. The van der Waals surface area contributed by atoms with Crippen LogP contribution in [0.2, 0.25) is 5.02 Å². The minimum atomic E-state index is -0.868. The van der Waals surface area contributed by atoms with Gasteiger partial charge in [-0.25, -0.2) is 4.98 Å². The molecule has 6 aromatic rings. The summed E-state index contributed by atoms with van der Waals surface area (Å²) in [5.74, 6) is -0.868. The highest BCUT2D eigenvalue weighted by atomic mass is 35.5. The number of thiazole rings is 1. The van der Waals surface area contributed by atoms with E-state index in [2.05, 4.69) is 23.2 Å². The van der Waals surface area contributed by atoms with Crippen molar-refractivity contribution in [2.24, 2.45) is 7.05 Å². The Bertz CT molecular complexity index is 1900. The van der Waals surface area contributed by atoms with E-state index in [0.29, 0.717) is 5.02 Å². The molecule has 7 nitrogen and oxygen atoms in total. The molecule has 2 N–H and O–H groups in total. The molecule has 214 valence electrons. The topological polar surface area (TPSA) is 101 Å². The van der Waals surface area contributed by atoms with Gasteiger partial charge in [0.2, 0.25) is 0 Å². The standard InChI is InChI=1S/C29H21ClN4O2S.C4H10O/c1-16-12-23-28(26(21(16)14-25(35)36)17-5-8-20(30)9-6-17)37-29(32-23)18-7-10-24-22(13-18)27(33-34(24)2)19-4-3-11-31-15-19;1-4(2,3)5/h3-13,15H,14H2,1-2H3,(H,35,36);5H,1-3H3. The zero-order chi connectivity index (χ0) is 30.2. The van der Waals surface area contributed by atoms with Crippen molar-refractivity contribution in [1.82, 2.24) is 19.7 Å². The zero-order valence-corrected chi connectivity index (χ0v) is 25.6. The molecule has 0 radical (unpaired) electrons. The number of hydrogen-bond donors (Lipinski definition) is 2. The Balaban J connectivity index is 0.000000652. The van der Waals surface area contributed by atoms with Crippen LogP contribution < -0.4 is 0 Å². The Labute approximate surface area is 253 Å². The molecule has 3 heterocycles. The lowest BCUT2D eigenvalue weighted by Gasteiger charge is -2.13. The van der Waals surface area contributed by atoms with Gasteiger partial charge < -0.3 is 10.2 Å². The number of fused-ring (bicyclic) bond motifs is 2. The van der Waals surface area contributed by atoms with Gasteiger partial charge in [0, 0.05) is 46.5 Å². The number of rotatable bonds is 5. The Morgan fingerprint density at radius 1 is 1.02 bits per heavy atom. The third-order valence-electron chi connectivity index (χ3n) is 6.50. The second-order valence-corrected chi connectivity index (χ2v) is 12.5. The lowest BCUT2D eigenvalue weighted by Crippen LogP contribution is -2.10. The van der Waals surface area contributed by atoms with Crippen LogP contribution >= 0.6 is 22.9 Å². The first-order valence-corrected chi connectivity index (χ1v) is 14.6. The van der Waals surface area contributed by atoms with Crippen LogP contribution in [0.4, 0.5) is 0 Å². The quantitative estimate of drug-likeness (QED) is 0.209. The van der Waals surface area contributed by atoms with Gasteiger partial charge in [0.1, 0.15) is 10.7 Å². The Morgan fingerprint density at radius 3 is 2.36 bits per heavy atom. The van der Waals surface area contributed by atoms with Crippen LogP contribution in [-0.2, 0) is 18.3 Å². The second-order valence-electron chi connectivity index (χ2n) is 11.1. The number of carboxylic acid groups (broad SMARTS) is 1. The van der Waals surface area contributed by atoms with E-state index in [0.717, 1.165) is 65.2 Å². The van der Waals surface area contributed by atoms with Gasteiger partial charge in [0.25, 0.3) is 0 Å². The van der Waals surface area contributed by atoms with E-state index in [9.17, 15) is 9.90 Å². The van der Waals surface area contributed by atoms with Gasteiger partial charge in [-0.3, -0.25) is 14.5 Å². The number of halogens is 1. The van der Waals surface area contributed by atoms with Gasteiger partial charge in [-0.15, -0.1) is 11.3 Å². The Morgan fingerprint density at radius 2 is 1.71 bits per heavy atom. The normalized spacial score (nSPS) is 11.5. The molecule has 0 aliphatic heterocycles. The molecular formula is C33H31ClN4O3S. The third kappa shape index (κ3) is 6.36. The van der Waals surface area contributed by atoms with Crippen molar-refractivity contribution in [1.29, 1.82) is 0 Å². The molecule has 9 heteroatoms. The molecule has 42 heavy (non-hydrogen) atoms. The van der Waals surface area contributed by atoms with Gasteiger partial charge in [0.15, 0.2) is 0 Å². The van der Waals surface area contributed by atoms with E-state index in [1.165, 1.54) is 0 Å². The number of aromatic nitrogens is 4. The first kappa shape index (κ1) is 29.4. The molecule has 0 fully saturated rings. The fourth-order valence-corrected chi connectivity index (χ4v) is 6.03. The summed E-state index contributed by atoms with van der Waals surface area (Å²) in [4.78, 5) is 21.0. The average Bonchev–Trinajstić information content (AvgIpc) is 3.49. The molecule has 0 aliphatic carbocycles. The van der Waals surface area contributed by atoms with Gasteiger partial charge >= 0.3 is 5.97 Å². The number of aliphatic hydroxyl groups is 1. The monoisotopic (exact) mass is 598 g/mol. The van der Waals surface area contributed by atoms with Crippen molar-refractivity contribution in [3.8, 4) is 33.0 Å². The van der Waals surface area contributed by atoms with Gasteiger partial charge in [-0.2, -0.15) is 5.10 Å². The fourth-order valence-electron chi connectivity index (χ4n) is 4.77. The predicted molar refractivity (Wildman–Crippen MR) is 171 cm³/mol. The first-order chi connectivity index (χ1) is 19.9. The van der Waals surface area contributed by atoms with Crippen molar-refractivity contribution >= 4 is 50.0 Å². The summed E-state index contributed by atoms with van der Waals surface area (Å²) in [7, 11) is 1.94. The van der Waals surface area contributed by atoms with E-state index < -0.39 is 11.6 Å². The maximum atomic E-state index is 11.8. The van der Waals surface area contributed by atoms with E-state index in [1.807, 2.05) is 67.3 Å². The van der Waals surface area contributed by atoms with Crippen LogP contribution in [0.1, 0.15) is 31.9 Å². The average molecular weight is 599 g/mol. The summed E-state index contributed by atoms with van der Waals surface area (Å²) in [6, 6.07) is 19.7. The summed E-state index contributed by atoms with van der Waals surface area (Å²) in [5, 5.41) is 25.4. The number of pyridine rings is 1. The maximum absolute atomic E-state index is 11.8. The highest BCUT2D eigenvalue weighted by Crippen LogP contribution is 2.42. The van der Waals surface area contributed by atoms with E-state index in [-0.39, 0.29) is 6.42 Å². The van der Waals surface area contributed by atoms with Crippen molar-refractivity contribution in [2.75, 3.05) is 0 Å². The molecule has 0 saturated carbocycles. The maximum Gasteiger partial charge on any atom is 0.307 e. The predicted octanol–water partition coefficient (Wildman–Crippen LogP) is 7.95. The van der Waals surface area contributed by atoms with Crippen molar-refractivity contribution < 1.29 is 15.0 Å². The summed E-state index contributed by atoms with van der Waals surface area (Å²) in [5.41, 5.74) is 7.68. The van der Waals surface area contributed by atoms with Crippen LogP contribution in [0.15, 0.2) is 73.1 Å². The highest BCUT2D eigenvalue weighted by molar-refractivity contribution is 7.22. The fraction of sp³-hybridized carbons (Fsp3) is 0.212. The number of aryl methyl sites for hydroxylation is 2. The Hall–Kier alpha value is -4.11. The van der Waals surface area contributed by atoms with E-state index >= 15 is 0 Å². The van der Waals surface area contributed by atoms with Crippen molar-refractivity contribution in [3.05, 3.63) is 89.2 Å². The summed E-state index contributed by atoms with van der Waals surface area (Å²) in [6.45, 7) is 7.17. The summed E-state index contributed by atoms with van der Waals surface area (Å²) in [6.07, 6.45) is 3.50. The number of aliphatic carboxylic acids is 1. The largest absolute Gasteiger partial charge is 0.481 e. The molecule has 3 aromatic heterocycles. The molecular weight excluding hydrogens is 568 g/mol. The molecule has 0 bridgehead atoms. The van der Waals surface area contributed by atoms with Crippen molar-refractivity contribution in [2.45, 2.75) is 39.7 Å². The Kier molecular flexibility index (Phi) is 8.14. The number of carbonyl (C=O) groups is 1. The summed E-state index contributed by atoms with van der Waals surface area (Å²) < 4.78 is 2.83. The molecule has 0 amide bonds.